The molecule has 2 aromatic carbocycles. The van der Waals surface area contributed by atoms with E-state index in [9.17, 15) is 9.90 Å². The number of methoxy groups -OCH3 is 1. The molecule has 118 valence electrons. The van der Waals surface area contributed by atoms with Crippen LogP contribution < -0.4 is 10.3 Å². The molecule has 0 amide bonds. The van der Waals surface area contributed by atoms with Crippen LogP contribution in [0.25, 0.3) is 10.8 Å². The number of aromatic nitrogens is 2. The highest BCUT2D eigenvalue weighted by Crippen LogP contribution is 2.20. The zero-order chi connectivity index (χ0) is 16.4. The van der Waals surface area contributed by atoms with Crippen molar-refractivity contribution < 1.29 is 9.84 Å². The smallest absolute Gasteiger partial charge is 0.274 e. The van der Waals surface area contributed by atoms with Crippen molar-refractivity contribution in [3.63, 3.8) is 0 Å². The Morgan fingerprint density at radius 2 is 1.91 bits per heavy atom. The molecule has 0 radical (unpaired) electrons. The molecule has 0 aliphatic rings. The normalized spacial score (nSPS) is 12.3. The second-order valence-electron chi connectivity index (χ2n) is 5.41. The first kappa shape index (κ1) is 15.2. The maximum Gasteiger partial charge on any atom is 0.274 e. The highest BCUT2D eigenvalue weighted by Gasteiger charge is 2.13. The molecular formula is C18H18N2O3. The van der Waals surface area contributed by atoms with Gasteiger partial charge in [0.2, 0.25) is 0 Å². The van der Waals surface area contributed by atoms with E-state index in [1.165, 1.54) is 4.68 Å². The minimum absolute atomic E-state index is 0.0949. The predicted molar refractivity (Wildman–Crippen MR) is 88.7 cm³/mol. The van der Waals surface area contributed by atoms with E-state index in [0.29, 0.717) is 16.7 Å². The van der Waals surface area contributed by atoms with Crippen LogP contribution in [-0.4, -0.2) is 22.0 Å². The number of fused-ring (bicyclic) bond motifs is 1. The topological polar surface area (TPSA) is 64.3 Å². The molecule has 0 saturated heterocycles. The number of rotatable bonds is 4. The van der Waals surface area contributed by atoms with Gasteiger partial charge in [0.15, 0.2) is 0 Å². The number of nitrogens with zero attached hydrogens (tertiary/aromatic N) is 2. The van der Waals surface area contributed by atoms with Gasteiger partial charge in [-0.1, -0.05) is 30.3 Å². The molecular weight excluding hydrogens is 292 g/mol. The zero-order valence-corrected chi connectivity index (χ0v) is 13.1. The van der Waals surface area contributed by atoms with Gasteiger partial charge in [0, 0.05) is 5.39 Å². The van der Waals surface area contributed by atoms with Gasteiger partial charge in [0.05, 0.1) is 30.8 Å². The highest BCUT2D eigenvalue weighted by molar-refractivity contribution is 5.83. The van der Waals surface area contributed by atoms with Gasteiger partial charge in [-0.05, 0) is 30.7 Å². The van der Waals surface area contributed by atoms with E-state index >= 15 is 0 Å². The first-order chi connectivity index (χ1) is 11.1. The van der Waals surface area contributed by atoms with Gasteiger partial charge in [-0.2, -0.15) is 5.10 Å². The minimum atomic E-state index is -0.837. The van der Waals surface area contributed by atoms with Crippen molar-refractivity contribution >= 4 is 10.8 Å². The molecule has 1 aromatic heterocycles. The van der Waals surface area contributed by atoms with E-state index in [0.717, 1.165) is 11.1 Å². The molecule has 23 heavy (non-hydrogen) atoms. The molecule has 0 aliphatic heterocycles. The number of ether oxygens (including phenoxy) is 1. The van der Waals surface area contributed by atoms with Crippen LogP contribution in [-0.2, 0) is 6.54 Å². The van der Waals surface area contributed by atoms with Gasteiger partial charge in [-0.15, -0.1) is 0 Å². The SMILES string of the molecule is COc1cccc(C(O)Cn2nc(C)c3ccccc3c2=O)c1. The summed E-state index contributed by atoms with van der Waals surface area (Å²) in [6, 6.07) is 14.5. The molecule has 0 spiro atoms. The average molecular weight is 310 g/mol. The summed E-state index contributed by atoms with van der Waals surface area (Å²) >= 11 is 0. The van der Waals surface area contributed by atoms with E-state index in [-0.39, 0.29) is 12.1 Å². The summed E-state index contributed by atoms with van der Waals surface area (Å²) in [6.45, 7) is 1.95. The molecule has 1 heterocycles. The molecule has 1 atom stereocenters. The molecule has 0 saturated carbocycles. The van der Waals surface area contributed by atoms with Crippen molar-refractivity contribution in [3.05, 3.63) is 70.1 Å². The zero-order valence-electron chi connectivity index (χ0n) is 13.1. The van der Waals surface area contributed by atoms with Crippen LogP contribution >= 0.6 is 0 Å². The fourth-order valence-corrected chi connectivity index (χ4v) is 2.65. The van der Waals surface area contributed by atoms with Crippen molar-refractivity contribution in [2.24, 2.45) is 0 Å². The summed E-state index contributed by atoms with van der Waals surface area (Å²) in [5.41, 5.74) is 1.25. The van der Waals surface area contributed by atoms with E-state index in [4.69, 9.17) is 4.74 Å². The Morgan fingerprint density at radius 3 is 2.65 bits per heavy atom. The summed E-state index contributed by atoms with van der Waals surface area (Å²) in [7, 11) is 1.57. The second kappa shape index (κ2) is 6.22. The lowest BCUT2D eigenvalue weighted by molar-refractivity contribution is 0.149. The molecule has 3 aromatic rings. The monoisotopic (exact) mass is 310 g/mol. The van der Waals surface area contributed by atoms with Gasteiger partial charge < -0.3 is 9.84 Å². The third-order valence-corrected chi connectivity index (χ3v) is 3.88. The van der Waals surface area contributed by atoms with Crippen LogP contribution in [0.1, 0.15) is 17.4 Å². The van der Waals surface area contributed by atoms with Crippen LogP contribution in [0.4, 0.5) is 0 Å². The fraction of sp³-hybridized carbons (Fsp3) is 0.222. The third kappa shape index (κ3) is 2.96. The lowest BCUT2D eigenvalue weighted by Gasteiger charge is -2.14. The van der Waals surface area contributed by atoms with Crippen molar-refractivity contribution in [3.8, 4) is 5.75 Å². The molecule has 0 aliphatic carbocycles. The van der Waals surface area contributed by atoms with Crippen LogP contribution in [0.15, 0.2) is 53.3 Å². The number of hydrogen-bond acceptors (Lipinski definition) is 4. The lowest BCUT2D eigenvalue weighted by Crippen LogP contribution is -2.26. The average Bonchev–Trinajstić information content (AvgIpc) is 2.59. The largest absolute Gasteiger partial charge is 0.497 e. The minimum Gasteiger partial charge on any atom is -0.497 e. The Bertz CT molecular complexity index is 902. The molecule has 5 nitrogen and oxygen atoms in total. The van der Waals surface area contributed by atoms with Gasteiger partial charge in [-0.3, -0.25) is 4.79 Å². The Balaban J connectivity index is 1.98. The number of aryl methyl sites for hydroxylation is 1. The van der Waals surface area contributed by atoms with Crippen molar-refractivity contribution in [2.45, 2.75) is 19.6 Å². The van der Waals surface area contributed by atoms with Crippen LogP contribution in [0.5, 0.6) is 5.75 Å². The van der Waals surface area contributed by atoms with Gasteiger partial charge in [-0.25, -0.2) is 4.68 Å². The summed E-state index contributed by atoms with van der Waals surface area (Å²) in [4.78, 5) is 12.5. The number of benzene rings is 2. The van der Waals surface area contributed by atoms with Crippen LogP contribution in [0.3, 0.4) is 0 Å². The Morgan fingerprint density at radius 1 is 1.17 bits per heavy atom. The summed E-state index contributed by atoms with van der Waals surface area (Å²) in [5, 5.41) is 16.2. The van der Waals surface area contributed by atoms with Gasteiger partial charge in [0.25, 0.3) is 5.56 Å². The second-order valence-corrected chi connectivity index (χ2v) is 5.41. The Labute approximate surface area is 133 Å². The maximum absolute atomic E-state index is 12.5. The Hall–Kier alpha value is -2.66. The first-order valence-electron chi connectivity index (χ1n) is 7.38. The number of aliphatic hydroxyl groups excluding tert-OH is 1. The first-order valence-corrected chi connectivity index (χ1v) is 7.38. The summed E-state index contributed by atoms with van der Waals surface area (Å²) in [6.07, 6.45) is -0.837. The molecule has 1 N–H and O–H groups in total. The maximum atomic E-state index is 12.5. The molecule has 3 rings (SSSR count). The van der Waals surface area contributed by atoms with Crippen LogP contribution in [0.2, 0.25) is 0 Å². The summed E-state index contributed by atoms with van der Waals surface area (Å²) in [5.74, 6) is 0.663. The highest BCUT2D eigenvalue weighted by atomic mass is 16.5. The van der Waals surface area contributed by atoms with Crippen molar-refractivity contribution in [1.82, 2.24) is 9.78 Å². The molecule has 1 unspecified atom stereocenters. The van der Waals surface area contributed by atoms with E-state index in [1.54, 1.807) is 37.4 Å². The number of aliphatic hydroxyl groups is 1. The van der Waals surface area contributed by atoms with Crippen LogP contribution in [0, 0.1) is 6.92 Å². The van der Waals surface area contributed by atoms with E-state index in [2.05, 4.69) is 5.10 Å². The number of hydrogen-bond donors (Lipinski definition) is 1. The van der Waals surface area contributed by atoms with Gasteiger partial charge >= 0.3 is 0 Å². The standard InChI is InChI=1S/C18H18N2O3/c1-12-15-8-3-4-9-16(15)18(22)20(19-12)11-17(21)13-6-5-7-14(10-13)23-2/h3-10,17,21H,11H2,1-2H3. The quantitative estimate of drug-likeness (QED) is 0.804. The predicted octanol–water partition coefficient (Wildman–Crippen LogP) is 2.45. The molecule has 0 fully saturated rings. The van der Waals surface area contributed by atoms with Gasteiger partial charge in [0.1, 0.15) is 5.75 Å². The molecule has 0 bridgehead atoms. The summed E-state index contributed by atoms with van der Waals surface area (Å²) < 4.78 is 6.48. The van der Waals surface area contributed by atoms with E-state index in [1.807, 2.05) is 25.1 Å². The Kier molecular flexibility index (Phi) is 4.12. The lowest BCUT2D eigenvalue weighted by atomic mass is 10.1. The van der Waals surface area contributed by atoms with E-state index < -0.39 is 6.10 Å². The van der Waals surface area contributed by atoms with Crippen molar-refractivity contribution in [1.29, 1.82) is 0 Å². The third-order valence-electron chi connectivity index (χ3n) is 3.88. The fourth-order valence-electron chi connectivity index (χ4n) is 2.65. The molecule has 5 heteroatoms. The van der Waals surface area contributed by atoms with Crippen molar-refractivity contribution in [2.75, 3.05) is 7.11 Å².